The molecule has 3 heteroatoms. The van der Waals surface area contributed by atoms with Gasteiger partial charge in [0.15, 0.2) is 0 Å². The fraction of sp³-hybridized carbons (Fsp3) is 0.222. The van der Waals surface area contributed by atoms with Crippen LogP contribution in [-0.4, -0.2) is 15.4 Å². The van der Waals surface area contributed by atoms with Gasteiger partial charge in [-0.3, -0.25) is 0 Å². The van der Waals surface area contributed by atoms with Crippen LogP contribution in [-0.2, 0) is 0 Å². The summed E-state index contributed by atoms with van der Waals surface area (Å²) in [5.74, 6) is 3.72. The highest BCUT2D eigenvalue weighted by atomic mass is 15.1. The van der Waals surface area contributed by atoms with Gasteiger partial charge in [-0.2, -0.15) is 0 Å². The average molecular weight is 159 g/mol. The van der Waals surface area contributed by atoms with Gasteiger partial charge in [-0.1, -0.05) is 6.92 Å². The molecule has 0 bridgehead atoms. The number of imidazole rings is 1. The molecular formula is C9H9N3. The van der Waals surface area contributed by atoms with Crippen LogP contribution in [0.3, 0.4) is 0 Å². The molecule has 0 amide bonds. The maximum atomic E-state index is 4.13. The van der Waals surface area contributed by atoms with Crippen LogP contribution in [0.5, 0.6) is 0 Å². The van der Waals surface area contributed by atoms with E-state index in [0.717, 1.165) is 17.9 Å². The van der Waals surface area contributed by atoms with Crippen LogP contribution in [0.15, 0.2) is 23.1 Å². The topological polar surface area (TPSA) is 30.2 Å². The van der Waals surface area contributed by atoms with Crippen molar-refractivity contribution in [3.05, 3.63) is 23.9 Å². The first kappa shape index (κ1) is 7.07. The first-order valence-corrected chi connectivity index (χ1v) is 3.93. The molecule has 0 unspecified atom stereocenters. The molecule has 1 aromatic heterocycles. The molecule has 0 aromatic carbocycles. The Bertz CT molecular complexity index is 378. The van der Waals surface area contributed by atoms with E-state index >= 15 is 0 Å². The standard InChI is InChI=1S/C9H9N3/c1-2-8-7-12-6-5-11-9(12)3-4-10-8/h3,5-7H,2H2,1H3. The number of aromatic nitrogens is 2. The number of rotatable bonds is 1. The monoisotopic (exact) mass is 159 g/mol. The predicted octanol–water partition coefficient (Wildman–Crippen LogP) is 1.79. The van der Waals surface area contributed by atoms with Crippen molar-refractivity contribution < 1.29 is 0 Å². The van der Waals surface area contributed by atoms with Gasteiger partial charge in [0.05, 0.1) is 5.70 Å². The lowest BCUT2D eigenvalue weighted by atomic mass is 10.4. The van der Waals surface area contributed by atoms with Crippen LogP contribution >= 0.6 is 0 Å². The van der Waals surface area contributed by atoms with Crippen molar-refractivity contribution in [1.82, 2.24) is 9.55 Å². The summed E-state index contributed by atoms with van der Waals surface area (Å²) in [4.78, 5) is 8.25. The van der Waals surface area contributed by atoms with Crippen molar-refractivity contribution in [3.63, 3.8) is 0 Å². The van der Waals surface area contributed by atoms with E-state index in [1.165, 1.54) is 0 Å². The van der Waals surface area contributed by atoms with Crippen LogP contribution in [0, 0.1) is 0 Å². The molecule has 0 aliphatic carbocycles. The lowest BCUT2D eigenvalue weighted by molar-refractivity contribution is 1.04. The molecule has 1 aliphatic heterocycles. The van der Waals surface area contributed by atoms with Crippen molar-refractivity contribution in [2.45, 2.75) is 13.3 Å². The third-order valence-electron chi connectivity index (χ3n) is 1.75. The molecule has 2 heterocycles. The van der Waals surface area contributed by atoms with E-state index in [9.17, 15) is 0 Å². The minimum Gasteiger partial charge on any atom is -0.305 e. The lowest BCUT2D eigenvalue weighted by Gasteiger charge is -1.96. The summed E-state index contributed by atoms with van der Waals surface area (Å²) in [6.07, 6.45) is 8.34. The summed E-state index contributed by atoms with van der Waals surface area (Å²) in [5.41, 5.74) is 1.02. The molecule has 2 rings (SSSR count). The van der Waals surface area contributed by atoms with Gasteiger partial charge < -0.3 is 4.57 Å². The molecule has 0 saturated carbocycles. The second kappa shape index (κ2) is 2.80. The fourth-order valence-corrected chi connectivity index (χ4v) is 1.08. The van der Waals surface area contributed by atoms with Gasteiger partial charge in [-0.15, -0.1) is 0 Å². The van der Waals surface area contributed by atoms with Crippen LogP contribution in [0.2, 0.25) is 0 Å². The molecule has 0 N–H and O–H groups in total. The number of allylic oxidation sites excluding steroid dienone is 1. The van der Waals surface area contributed by atoms with E-state index in [4.69, 9.17) is 0 Å². The minimum absolute atomic E-state index is 0.877. The van der Waals surface area contributed by atoms with Gasteiger partial charge in [0.25, 0.3) is 0 Å². The van der Waals surface area contributed by atoms with Crippen molar-refractivity contribution in [2.75, 3.05) is 0 Å². The van der Waals surface area contributed by atoms with Gasteiger partial charge in [0, 0.05) is 24.7 Å². The molecular weight excluding hydrogens is 150 g/mol. The predicted molar refractivity (Wildman–Crippen MR) is 48.7 cm³/mol. The van der Waals surface area contributed by atoms with E-state index in [1.54, 1.807) is 12.3 Å². The first-order valence-electron chi connectivity index (χ1n) is 3.93. The number of nitrogens with zero attached hydrogens (tertiary/aromatic N) is 3. The fourth-order valence-electron chi connectivity index (χ4n) is 1.08. The molecule has 0 saturated heterocycles. The summed E-state index contributed by atoms with van der Waals surface area (Å²) < 4.78 is 1.95. The highest BCUT2D eigenvalue weighted by Gasteiger charge is 1.99. The average Bonchev–Trinajstić information content (AvgIpc) is 2.43. The molecule has 1 aromatic rings. The first-order chi connectivity index (χ1) is 5.90. The Kier molecular flexibility index (Phi) is 1.65. The van der Waals surface area contributed by atoms with Crippen LogP contribution < -0.4 is 0 Å². The molecule has 0 fully saturated rings. The summed E-state index contributed by atoms with van der Waals surface area (Å²) in [7, 11) is 0. The molecule has 0 spiro atoms. The number of aliphatic imine (C=N–C) groups is 1. The lowest BCUT2D eigenvalue weighted by Crippen LogP contribution is -1.88. The zero-order valence-electron chi connectivity index (χ0n) is 6.86. The number of hydrogen-bond donors (Lipinski definition) is 0. The van der Waals surface area contributed by atoms with Crippen molar-refractivity contribution in [3.8, 4) is 0 Å². The van der Waals surface area contributed by atoms with Gasteiger partial charge >= 0.3 is 0 Å². The second-order valence-electron chi connectivity index (χ2n) is 2.55. The SMILES string of the molecule is CCC1=Cn2ccnc2C=C=N1. The maximum Gasteiger partial charge on any atom is 0.146 e. The molecule has 0 atom stereocenters. The molecule has 1 aliphatic rings. The smallest absolute Gasteiger partial charge is 0.146 e. The van der Waals surface area contributed by atoms with E-state index in [-0.39, 0.29) is 0 Å². The summed E-state index contributed by atoms with van der Waals surface area (Å²) in [5, 5.41) is 0. The number of fused-ring (bicyclic) bond motifs is 1. The largest absolute Gasteiger partial charge is 0.305 e. The Morgan fingerprint density at radius 3 is 3.33 bits per heavy atom. The highest BCUT2D eigenvalue weighted by Crippen LogP contribution is 2.09. The van der Waals surface area contributed by atoms with Crippen LogP contribution in [0.1, 0.15) is 19.2 Å². The second-order valence-corrected chi connectivity index (χ2v) is 2.55. The van der Waals surface area contributed by atoms with E-state index in [0.29, 0.717) is 0 Å². The summed E-state index contributed by atoms with van der Waals surface area (Å²) in [6, 6.07) is 0. The Morgan fingerprint density at radius 1 is 1.58 bits per heavy atom. The van der Waals surface area contributed by atoms with Crippen LogP contribution in [0.25, 0.3) is 12.3 Å². The Balaban J connectivity index is 2.55. The van der Waals surface area contributed by atoms with Crippen molar-refractivity contribution >= 4 is 18.1 Å². The Hall–Kier alpha value is -1.60. The Morgan fingerprint density at radius 2 is 2.50 bits per heavy atom. The van der Waals surface area contributed by atoms with Gasteiger partial charge in [0.1, 0.15) is 5.82 Å². The quantitative estimate of drug-likeness (QED) is 0.614. The maximum absolute atomic E-state index is 4.13. The summed E-state index contributed by atoms with van der Waals surface area (Å²) >= 11 is 0. The van der Waals surface area contributed by atoms with E-state index in [2.05, 4.69) is 22.8 Å². The summed E-state index contributed by atoms with van der Waals surface area (Å²) in [6.45, 7) is 2.07. The third-order valence-corrected chi connectivity index (χ3v) is 1.75. The van der Waals surface area contributed by atoms with E-state index in [1.807, 2.05) is 17.0 Å². The number of hydrogen-bond acceptors (Lipinski definition) is 2. The zero-order valence-corrected chi connectivity index (χ0v) is 6.86. The van der Waals surface area contributed by atoms with Crippen LogP contribution in [0.4, 0.5) is 0 Å². The van der Waals surface area contributed by atoms with Gasteiger partial charge in [-0.25, -0.2) is 9.98 Å². The molecule has 3 nitrogen and oxygen atoms in total. The van der Waals surface area contributed by atoms with Crippen molar-refractivity contribution in [1.29, 1.82) is 0 Å². The molecule has 60 valence electrons. The molecule has 0 radical (unpaired) electrons. The highest BCUT2D eigenvalue weighted by molar-refractivity contribution is 5.78. The van der Waals surface area contributed by atoms with E-state index < -0.39 is 0 Å². The zero-order chi connectivity index (χ0) is 8.39. The molecule has 12 heavy (non-hydrogen) atoms. The minimum atomic E-state index is 0.877. The third kappa shape index (κ3) is 1.11. The van der Waals surface area contributed by atoms with Gasteiger partial charge in [0.2, 0.25) is 0 Å². The normalized spacial score (nSPS) is 13.9. The van der Waals surface area contributed by atoms with Crippen molar-refractivity contribution in [2.24, 2.45) is 4.99 Å². The van der Waals surface area contributed by atoms with Gasteiger partial charge in [-0.05, 0) is 12.3 Å². The Labute approximate surface area is 70.8 Å².